The molecule has 0 aromatic heterocycles. The van der Waals surface area contributed by atoms with Gasteiger partial charge in [0.25, 0.3) is 0 Å². The molecule has 112 valence electrons. The maximum Gasteiger partial charge on any atom is 0.144 e. The molecule has 3 rings (SSSR count). The van der Waals surface area contributed by atoms with Crippen molar-refractivity contribution >= 4 is 11.5 Å². The summed E-state index contributed by atoms with van der Waals surface area (Å²) in [7, 11) is 0. The van der Waals surface area contributed by atoms with Crippen molar-refractivity contribution in [3.8, 4) is 5.75 Å². The van der Waals surface area contributed by atoms with E-state index in [2.05, 4.69) is 24.4 Å². The summed E-state index contributed by atoms with van der Waals surface area (Å²) in [4.78, 5) is 12.5. The van der Waals surface area contributed by atoms with Crippen LogP contribution in [0.15, 0.2) is 29.4 Å². The predicted molar refractivity (Wildman–Crippen MR) is 82.6 cm³/mol. The molecule has 2 aliphatic rings. The highest BCUT2D eigenvalue weighted by Crippen LogP contribution is 2.39. The summed E-state index contributed by atoms with van der Waals surface area (Å²) in [6.07, 6.45) is 1.61. The van der Waals surface area contributed by atoms with Gasteiger partial charge in [-0.05, 0) is 48.6 Å². The number of fused-ring (bicyclic) bond motifs is 1. The minimum atomic E-state index is -0.101. The summed E-state index contributed by atoms with van der Waals surface area (Å²) in [5.41, 5.74) is 5.12. The minimum Gasteiger partial charge on any atom is -0.494 e. The van der Waals surface area contributed by atoms with Crippen LogP contribution in [0.3, 0.4) is 0 Å². The van der Waals surface area contributed by atoms with E-state index in [0.29, 0.717) is 18.8 Å². The van der Waals surface area contributed by atoms with Gasteiger partial charge >= 0.3 is 0 Å². The number of rotatable bonds is 3. The third-order valence-corrected chi connectivity index (χ3v) is 4.28. The number of nitrogens with one attached hydrogen (secondary N) is 1. The zero-order chi connectivity index (χ0) is 15.0. The van der Waals surface area contributed by atoms with Crippen LogP contribution in [0.1, 0.15) is 39.2 Å². The number of hydrogen-bond donors (Lipinski definition) is 1. The van der Waals surface area contributed by atoms with Crippen LogP contribution >= 0.6 is 0 Å². The number of carbonyl (C=O) groups excluding carboxylic acids is 1. The van der Waals surface area contributed by atoms with Gasteiger partial charge in [0, 0.05) is 6.42 Å². The highest BCUT2D eigenvalue weighted by atomic mass is 16.5. The van der Waals surface area contributed by atoms with Gasteiger partial charge in [-0.1, -0.05) is 13.8 Å². The molecule has 1 fully saturated rings. The number of hydrazone groups is 1. The zero-order valence-corrected chi connectivity index (χ0v) is 12.8. The summed E-state index contributed by atoms with van der Waals surface area (Å²) < 4.78 is 5.46. The first-order valence-corrected chi connectivity index (χ1v) is 7.59. The molecule has 2 unspecified atom stereocenters. The van der Waals surface area contributed by atoms with E-state index >= 15 is 0 Å². The number of nitrogens with zero attached hydrogens (tertiary/aromatic N) is 1. The molecule has 4 nitrogen and oxygen atoms in total. The normalized spacial score (nSPS) is 26.8. The summed E-state index contributed by atoms with van der Waals surface area (Å²) in [5, 5.41) is 4.45. The summed E-state index contributed by atoms with van der Waals surface area (Å²) >= 11 is 0. The summed E-state index contributed by atoms with van der Waals surface area (Å²) in [6.45, 7) is 6.92. The lowest BCUT2D eigenvalue weighted by Gasteiger charge is -2.36. The third kappa shape index (κ3) is 2.67. The Bertz CT molecular complexity index is 575. The molecule has 21 heavy (non-hydrogen) atoms. The average Bonchev–Trinajstić information content (AvgIpc) is 2.82. The van der Waals surface area contributed by atoms with Gasteiger partial charge in [-0.25, -0.2) is 0 Å². The lowest BCUT2D eigenvalue weighted by atomic mass is 9.68. The first-order chi connectivity index (χ1) is 10.00. The number of ether oxygens (including phenoxy) is 1. The van der Waals surface area contributed by atoms with Gasteiger partial charge in [-0.15, -0.1) is 0 Å². The third-order valence-electron chi connectivity index (χ3n) is 4.28. The van der Waals surface area contributed by atoms with Crippen LogP contribution < -0.4 is 10.2 Å². The molecule has 1 aromatic rings. The van der Waals surface area contributed by atoms with Gasteiger partial charge in [0.1, 0.15) is 11.5 Å². The molecule has 0 amide bonds. The first-order valence-electron chi connectivity index (χ1n) is 7.59. The van der Waals surface area contributed by atoms with E-state index in [1.54, 1.807) is 0 Å². The second-order valence-electron chi connectivity index (χ2n) is 6.68. The van der Waals surface area contributed by atoms with Crippen LogP contribution in [0.5, 0.6) is 5.75 Å². The van der Waals surface area contributed by atoms with Crippen molar-refractivity contribution in [2.24, 2.45) is 16.4 Å². The lowest BCUT2D eigenvalue weighted by molar-refractivity contribution is -0.126. The fraction of sp³-hybridized carbons (Fsp3) is 0.529. The number of Topliss-reactive ketones (excluding diaryl/α,β-unsaturated/α-hetero) is 1. The molecule has 0 bridgehead atoms. The largest absolute Gasteiger partial charge is 0.494 e. The Morgan fingerprint density at radius 3 is 2.71 bits per heavy atom. The Morgan fingerprint density at radius 2 is 2.05 bits per heavy atom. The van der Waals surface area contributed by atoms with E-state index < -0.39 is 0 Å². The first kappa shape index (κ1) is 14.1. The van der Waals surface area contributed by atoms with Crippen LogP contribution in [0.4, 0.5) is 0 Å². The standard InChI is InChI=1S/C17H22N2O2/c1-4-21-12-7-5-11(6-8-12)16-15-13(18-19-16)9-17(2,3)10-14(15)20/h5-8,13,15,18H,4,9-10H2,1-3H3. The van der Waals surface area contributed by atoms with Gasteiger partial charge in [-0.3, -0.25) is 4.79 Å². The molecular formula is C17H22N2O2. The second-order valence-corrected chi connectivity index (χ2v) is 6.68. The molecule has 1 aliphatic carbocycles. The topological polar surface area (TPSA) is 50.7 Å². The van der Waals surface area contributed by atoms with E-state index in [1.807, 2.05) is 31.2 Å². The molecule has 2 atom stereocenters. The van der Waals surface area contributed by atoms with Crippen molar-refractivity contribution in [1.82, 2.24) is 5.43 Å². The van der Waals surface area contributed by atoms with Crippen molar-refractivity contribution in [1.29, 1.82) is 0 Å². The number of ketones is 1. The fourth-order valence-corrected chi connectivity index (χ4v) is 3.41. The van der Waals surface area contributed by atoms with Crippen molar-refractivity contribution in [3.63, 3.8) is 0 Å². The van der Waals surface area contributed by atoms with Gasteiger partial charge in [0.05, 0.1) is 24.3 Å². The molecule has 1 aliphatic heterocycles. The Hall–Kier alpha value is -1.84. The van der Waals surface area contributed by atoms with Crippen molar-refractivity contribution in [2.45, 2.75) is 39.7 Å². The molecule has 0 spiro atoms. The van der Waals surface area contributed by atoms with Crippen molar-refractivity contribution < 1.29 is 9.53 Å². The molecule has 0 radical (unpaired) electrons. The number of hydrogen-bond acceptors (Lipinski definition) is 4. The molecule has 1 aromatic carbocycles. The monoisotopic (exact) mass is 286 g/mol. The maximum absolute atomic E-state index is 12.5. The van der Waals surface area contributed by atoms with Crippen LogP contribution in [0.25, 0.3) is 0 Å². The fourth-order valence-electron chi connectivity index (χ4n) is 3.41. The Kier molecular flexibility index (Phi) is 3.47. The van der Waals surface area contributed by atoms with E-state index in [0.717, 1.165) is 23.4 Å². The smallest absolute Gasteiger partial charge is 0.144 e. The van der Waals surface area contributed by atoms with Crippen molar-refractivity contribution in [2.75, 3.05) is 6.61 Å². The average molecular weight is 286 g/mol. The highest BCUT2D eigenvalue weighted by Gasteiger charge is 2.46. The van der Waals surface area contributed by atoms with Crippen LogP contribution in [-0.2, 0) is 4.79 Å². The summed E-state index contributed by atoms with van der Waals surface area (Å²) in [6, 6.07) is 7.99. The van der Waals surface area contributed by atoms with Crippen LogP contribution in [0, 0.1) is 11.3 Å². The Labute approximate surface area is 125 Å². The molecule has 1 saturated carbocycles. The van der Waals surface area contributed by atoms with Crippen molar-refractivity contribution in [3.05, 3.63) is 29.8 Å². The Balaban J connectivity index is 1.82. The summed E-state index contributed by atoms with van der Waals surface area (Å²) in [5.74, 6) is 1.05. The SMILES string of the molecule is CCOc1ccc(C2=NNC3CC(C)(C)CC(=O)C23)cc1. The molecule has 1 heterocycles. The number of benzene rings is 1. The van der Waals surface area contributed by atoms with E-state index in [1.165, 1.54) is 0 Å². The number of carbonyl (C=O) groups is 1. The van der Waals surface area contributed by atoms with E-state index in [9.17, 15) is 4.79 Å². The van der Waals surface area contributed by atoms with Crippen LogP contribution in [0.2, 0.25) is 0 Å². The van der Waals surface area contributed by atoms with Gasteiger partial charge in [0.15, 0.2) is 0 Å². The van der Waals surface area contributed by atoms with Gasteiger partial charge < -0.3 is 10.2 Å². The quantitative estimate of drug-likeness (QED) is 0.929. The van der Waals surface area contributed by atoms with Gasteiger partial charge in [0.2, 0.25) is 0 Å². The molecule has 4 heteroatoms. The maximum atomic E-state index is 12.5. The van der Waals surface area contributed by atoms with Gasteiger partial charge in [-0.2, -0.15) is 5.10 Å². The second kappa shape index (κ2) is 5.17. The van der Waals surface area contributed by atoms with E-state index in [4.69, 9.17) is 4.74 Å². The zero-order valence-electron chi connectivity index (χ0n) is 12.8. The molecule has 1 N–H and O–H groups in total. The highest BCUT2D eigenvalue weighted by molar-refractivity contribution is 6.15. The molecular weight excluding hydrogens is 264 g/mol. The predicted octanol–water partition coefficient (Wildman–Crippen LogP) is 2.77. The minimum absolute atomic E-state index is 0.0645. The lowest BCUT2D eigenvalue weighted by Crippen LogP contribution is -2.45. The molecule has 0 saturated heterocycles. The Morgan fingerprint density at radius 1 is 1.33 bits per heavy atom. The van der Waals surface area contributed by atoms with E-state index in [-0.39, 0.29) is 17.4 Å². The van der Waals surface area contributed by atoms with Crippen LogP contribution in [-0.4, -0.2) is 24.1 Å².